The monoisotopic (exact) mass is 218 g/mol. The van der Waals surface area contributed by atoms with Crippen LogP contribution in [0.4, 0.5) is 5.82 Å². The highest BCUT2D eigenvalue weighted by Gasteiger charge is 2.21. The second-order valence-corrected chi connectivity index (χ2v) is 3.75. The van der Waals surface area contributed by atoms with Gasteiger partial charge in [-0.25, -0.2) is 4.98 Å². The molecule has 0 radical (unpaired) electrons. The Hall–Kier alpha value is -2.08. The van der Waals surface area contributed by atoms with E-state index in [1.807, 2.05) is 0 Å². The maximum absolute atomic E-state index is 11.1. The van der Waals surface area contributed by atoms with E-state index in [0.717, 1.165) is 16.6 Å². The number of amides is 1. The number of rotatable bonds is 1. The van der Waals surface area contributed by atoms with Gasteiger partial charge in [0.2, 0.25) is 0 Å². The maximum Gasteiger partial charge on any atom is 0.265 e. The first-order valence-electron chi connectivity index (χ1n) is 4.84. The van der Waals surface area contributed by atoms with Crippen LogP contribution in [0, 0.1) is 0 Å². The summed E-state index contributed by atoms with van der Waals surface area (Å²) in [6, 6.07) is 1.60. The first-order valence-corrected chi connectivity index (χ1v) is 4.84. The summed E-state index contributed by atoms with van der Waals surface area (Å²) in [6.45, 7) is 0.951. The summed E-state index contributed by atoms with van der Waals surface area (Å²) in [5.41, 5.74) is 14.6. The fourth-order valence-corrected chi connectivity index (χ4v) is 1.97. The van der Waals surface area contributed by atoms with Crippen LogP contribution in [0.25, 0.3) is 11.0 Å². The summed E-state index contributed by atoms with van der Waals surface area (Å²) < 4.78 is 5.32. The highest BCUT2D eigenvalue weighted by molar-refractivity contribution is 5.97. The van der Waals surface area contributed by atoms with Crippen molar-refractivity contribution in [1.29, 1.82) is 0 Å². The molecule has 2 aromatic rings. The molecule has 5 N–H and O–H groups in total. The van der Waals surface area contributed by atoms with Crippen LogP contribution in [-0.2, 0) is 18.0 Å². The van der Waals surface area contributed by atoms with Gasteiger partial charge >= 0.3 is 0 Å². The number of carbonyl (C=O) groups excluding carboxylic acids is 1. The van der Waals surface area contributed by atoms with Crippen molar-refractivity contribution in [3.05, 3.63) is 22.9 Å². The van der Waals surface area contributed by atoms with E-state index in [4.69, 9.17) is 16.2 Å². The second-order valence-electron chi connectivity index (χ2n) is 3.75. The summed E-state index contributed by atoms with van der Waals surface area (Å²) in [6.07, 6.45) is 0. The zero-order valence-electron chi connectivity index (χ0n) is 8.41. The number of hydrogen-bond acceptors (Lipinski definition) is 4. The van der Waals surface area contributed by atoms with Crippen LogP contribution in [0.15, 0.2) is 6.07 Å². The Bertz CT molecular complexity index is 602. The third-order valence-electron chi connectivity index (χ3n) is 2.77. The summed E-state index contributed by atoms with van der Waals surface area (Å²) in [4.78, 5) is 18.2. The Kier molecular flexibility index (Phi) is 1.69. The van der Waals surface area contributed by atoms with E-state index in [9.17, 15) is 4.79 Å². The van der Waals surface area contributed by atoms with Gasteiger partial charge in [-0.15, -0.1) is 0 Å². The van der Waals surface area contributed by atoms with Crippen molar-refractivity contribution >= 4 is 22.8 Å². The molecular weight excluding hydrogens is 208 g/mol. The van der Waals surface area contributed by atoms with Crippen molar-refractivity contribution in [3.63, 3.8) is 0 Å². The molecule has 0 unspecified atom stereocenters. The normalized spacial score (nSPS) is 14.2. The van der Waals surface area contributed by atoms with Crippen molar-refractivity contribution in [3.8, 4) is 0 Å². The van der Waals surface area contributed by atoms with Crippen LogP contribution in [0.3, 0.4) is 0 Å². The van der Waals surface area contributed by atoms with E-state index in [2.05, 4.69) is 9.97 Å². The number of fused-ring (bicyclic) bond motifs is 3. The molecule has 0 saturated heterocycles. The van der Waals surface area contributed by atoms with Crippen molar-refractivity contribution in [2.45, 2.75) is 13.2 Å². The fourth-order valence-electron chi connectivity index (χ4n) is 1.97. The van der Waals surface area contributed by atoms with Gasteiger partial charge in [0.15, 0.2) is 0 Å². The van der Waals surface area contributed by atoms with Gasteiger partial charge in [0.1, 0.15) is 11.5 Å². The number of aromatic amines is 1. The number of anilines is 1. The number of carbonyl (C=O) groups is 1. The largest absolute Gasteiger partial charge is 0.383 e. The molecule has 1 amide bonds. The molecule has 82 valence electrons. The van der Waals surface area contributed by atoms with Crippen LogP contribution < -0.4 is 11.5 Å². The SMILES string of the molecule is NC(=O)c1cc2nc(N)c3c(c2[nH]1)COC3. The lowest BCUT2D eigenvalue weighted by molar-refractivity contribution is 0.0996. The first-order chi connectivity index (χ1) is 7.66. The number of pyridine rings is 1. The number of primary amides is 1. The fraction of sp³-hybridized carbons (Fsp3) is 0.200. The molecule has 0 spiro atoms. The summed E-state index contributed by atoms with van der Waals surface area (Å²) >= 11 is 0. The first kappa shape index (κ1) is 9.17. The van der Waals surface area contributed by atoms with Gasteiger partial charge < -0.3 is 21.2 Å². The van der Waals surface area contributed by atoms with Gasteiger partial charge in [-0.2, -0.15) is 0 Å². The maximum atomic E-state index is 11.1. The van der Waals surface area contributed by atoms with E-state index >= 15 is 0 Å². The Morgan fingerprint density at radius 3 is 2.94 bits per heavy atom. The molecule has 1 aliphatic rings. The van der Waals surface area contributed by atoms with Gasteiger partial charge in [-0.1, -0.05) is 0 Å². The van der Waals surface area contributed by atoms with E-state index < -0.39 is 5.91 Å². The third kappa shape index (κ3) is 1.10. The number of ether oxygens (including phenoxy) is 1. The number of hydrogen-bond donors (Lipinski definition) is 3. The average molecular weight is 218 g/mol. The highest BCUT2D eigenvalue weighted by Crippen LogP contribution is 2.30. The van der Waals surface area contributed by atoms with Crippen molar-refractivity contribution < 1.29 is 9.53 Å². The molecule has 0 aliphatic carbocycles. The van der Waals surface area contributed by atoms with Crippen LogP contribution in [0.5, 0.6) is 0 Å². The van der Waals surface area contributed by atoms with Gasteiger partial charge in [0.05, 0.1) is 24.2 Å². The van der Waals surface area contributed by atoms with Crippen LogP contribution in [0.1, 0.15) is 21.6 Å². The Labute approximate surface area is 90.6 Å². The van der Waals surface area contributed by atoms with Gasteiger partial charge in [0, 0.05) is 11.1 Å². The summed E-state index contributed by atoms with van der Waals surface area (Å²) in [7, 11) is 0. The number of H-pyrrole nitrogens is 1. The van der Waals surface area contributed by atoms with Gasteiger partial charge in [0.25, 0.3) is 5.91 Å². The number of aromatic nitrogens is 2. The smallest absolute Gasteiger partial charge is 0.265 e. The number of nitrogens with zero attached hydrogens (tertiary/aromatic N) is 1. The van der Waals surface area contributed by atoms with Crippen molar-refractivity contribution in [2.24, 2.45) is 5.73 Å². The predicted octanol–water partition coefficient (Wildman–Crippen LogP) is 0.274. The summed E-state index contributed by atoms with van der Waals surface area (Å²) in [5, 5.41) is 0. The number of nitrogens with one attached hydrogen (secondary N) is 1. The molecule has 6 nitrogen and oxygen atoms in total. The van der Waals surface area contributed by atoms with Crippen LogP contribution >= 0.6 is 0 Å². The van der Waals surface area contributed by atoms with Crippen molar-refractivity contribution in [2.75, 3.05) is 5.73 Å². The average Bonchev–Trinajstić information content (AvgIpc) is 2.80. The quantitative estimate of drug-likeness (QED) is 0.638. The van der Waals surface area contributed by atoms with E-state index in [0.29, 0.717) is 30.2 Å². The minimum absolute atomic E-state index is 0.335. The predicted molar refractivity (Wildman–Crippen MR) is 57.5 cm³/mol. The molecule has 16 heavy (non-hydrogen) atoms. The minimum atomic E-state index is -0.510. The summed E-state index contributed by atoms with van der Waals surface area (Å²) in [5.74, 6) is -0.0562. The molecule has 0 atom stereocenters. The molecule has 0 fully saturated rings. The lowest BCUT2D eigenvalue weighted by Gasteiger charge is -2.01. The van der Waals surface area contributed by atoms with Gasteiger partial charge in [-0.3, -0.25) is 4.79 Å². The van der Waals surface area contributed by atoms with Crippen LogP contribution in [0.2, 0.25) is 0 Å². The molecule has 2 aromatic heterocycles. The van der Waals surface area contributed by atoms with Crippen molar-refractivity contribution in [1.82, 2.24) is 9.97 Å². The van der Waals surface area contributed by atoms with E-state index in [1.54, 1.807) is 6.07 Å². The molecule has 0 saturated carbocycles. The highest BCUT2D eigenvalue weighted by atomic mass is 16.5. The topological polar surface area (TPSA) is 107 Å². The molecule has 3 heterocycles. The Balaban J connectivity index is 2.35. The standard InChI is InChI=1S/C10H10N4O2/c11-9-5-3-16-2-4(5)8-6(14-9)1-7(13-8)10(12)15/h1,13H,2-3H2,(H2,11,14)(H2,12,15). The lowest BCUT2D eigenvalue weighted by atomic mass is 10.1. The molecule has 0 aromatic carbocycles. The zero-order valence-corrected chi connectivity index (χ0v) is 8.41. The Morgan fingerprint density at radius 2 is 2.19 bits per heavy atom. The molecule has 0 bridgehead atoms. The zero-order chi connectivity index (χ0) is 11.3. The lowest BCUT2D eigenvalue weighted by Crippen LogP contribution is -2.10. The third-order valence-corrected chi connectivity index (χ3v) is 2.77. The molecular formula is C10H10N4O2. The Morgan fingerprint density at radius 1 is 1.44 bits per heavy atom. The number of nitrogen functional groups attached to an aromatic ring is 1. The van der Waals surface area contributed by atoms with Crippen LogP contribution in [-0.4, -0.2) is 15.9 Å². The van der Waals surface area contributed by atoms with Gasteiger partial charge in [-0.05, 0) is 6.07 Å². The molecule has 3 rings (SSSR count). The molecule has 6 heteroatoms. The van der Waals surface area contributed by atoms with E-state index in [1.165, 1.54) is 0 Å². The molecule has 1 aliphatic heterocycles. The second kappa shape index (κ2) is 2.96. The number of nitrogens with two attached hydrogens (primary N) is 2. The minimum Gasteiger partial charge on any atom is -0.383 e. The van der Waals surface area contributed by atoms with E-state index in [-0.39, 0.29) is 0 Å².